The second kappa shape index (κ2) is 5.72. The summed E-state index contributed by atoms with van der Waals surface area (Å²) < 4.78 is 0. The Balaban J connectivity index is 1.87. The summed E-state index contributed by atoms with van der Waals surface area (Å²) in [7, 11) is 1.93. The van der Waals surface area contributed by atoms with Crippen LogP contribution in [0.2, 0.25) is 0 Å². The van der Waals surface area contributed by atoms with Crippen molar-refractivity contribution in [3.8, 4) is 0 Å². The Kier molecular flexibility index (Phi) is 3.78. The zero-order valence-electron chi connectivity index (χ0n) is 12.7. The number of aryl methyl sites for hydroxylation is 2. The number of nitrogens with zero attached hydrogens (tertiary/aromatic N) is 1. The molecule has 2 nitrogen and oxygen atoms in total. The van der Waals surface area contributed by atoms with Crippen molar-refractivity contribution in [3.05, 3.63) is 70.8 Å². The maximum absolute atomic E-state index is 12.7. The molecule has 1 atom stereocenters. The van der Waals surface area contributed by atoms with Crippen molar-refractivity contribution in [3.63, 3.8) is 0 Å². The van der Waals surface area contributed by atoms with Crippen LogP contribution < -0.4 is 0 Å². The molecule has 0 bridgehead atoms. The predicted octanol–water partition coefficient (Wildman–Crippen LogP) is 4.14. The lowest BCUT2D eigenvalue weighted by atomic mass is 9.87. The van der Waals surface area contributed by atoms with Gasteiger partial charge in [0.1, 0.15) is 0 Å². The molecule has 0 unspecified atom stereocenters. The molecule has 1 aliphatic rings. The van der Waals surface area contributed by atoms with E-state index in [0.717, 1.165) is 24.8 Å². The Hall–Kier alpha value is -2.09. The van der Waals surface area contributed by atoms with E-state index in [-0.39, 0.29) is 11.9 Å². The van der Waals surface area contributed by atoms with Crippen molar-refractivity contribution >= 4 is 5.91 Å². The fourth-order valence-electron chi connectivity index (χ4n) is 3.17. The second-order valence-corrected chi connectivity index (χ2v) is 5.89. The highest BCUT2D eigenvalue weighted by Crippen LogP contribution is 2.34. The van der Waals surface area contributed by atoms with Crippen LogP contribution in [0.3, 0.4) is 0 Å². The SMILES string of the molecule is Cc1ccc(C(=O)N(C)[C@@H]2CCCc3ccccc32)cc1. The van der Waals surface area contributed by atoms with Crippen molar-refractivity contribution in [2.45, 2.75) is 32.2 Å². The van der Waals surface area contributed by atoms with E-state index in [1.807, 2.05) is 43.1 Å². The van der Waals surface area contributed by atoms with Crippen molar-refractivity contribution < 1.29 is 4.79 Å². The summed E-state index contributed by atoms with van der Waals surface area (Å²) in [6.45, 7) is 2.04. The van der Waals surface area contributed by atoms with E-state index in [1.54, 1.807) is 0 Å². The highest BCUT2D eigenvalue weighted by molar-refractivity contribution is 5.94. The number of fused-ring (bicyclic) bond motifs is 1. The van der Waals surface area contributed by atoms with Crippen molar-refractivity contribution in [2.75, 3.05) is 7.05 Å². The summed E-state index contributed by atoms with van der Waals surface area (Å²) in [5.41, 5.74) is 4.65. The molecule has 0 aromatic heterocycles. The van der Waals surface area contributed by atoms with Gasteiger partial charge in [0.25, 0.3) is 5.91 Å². The maximum Gasteiger partial charge on any atom is 0.254 e. The molecule has 2 aromatic carbocycles. The third-order valence-corrected chi connectivity index (χ3v) is 4.42. The molecule has 108 valence electrons. The van der Waals surface area contributed by atoms with E-state index in [4.69, 9.17) is 0 Å². The van der Waals surface area contributed by atoms with E-state index in [2.05, 4.69) is 24.3 Å². The van der Waals surface area contributed by atoms with E-state index >= 15 is 0 Å². The van der Waals surface area contributed by atoms with Crippen LogP contribution in [-0.2, 0) is 6.42 Å². The largest absolute Gasteiger partial charge is 0.335 e. The molecular weight excluding hydrogens is 258 g/mol. The van der Waals surface area contributed by atoms with Gasteiger partial charge in [-0.1, -0.05) is 42.0 Å². The summed E-state index contributed by atoms with van der Waals surface area (Å²) >= 11 is 0. The predicted molar refractivity (Wildman–Crippen MR) is 85.4 cm³/mol. The molecule has 1 amide bonds. The fourth-order valence-corrected chi connectivity index (χ4v) is 3.17. The quantitative estimate of drug-likeness (QED) is 0.809. The van der Waals surface area contributed by atoms with Crippen molar-refractivity contribution in [1.82, 2.24) is 4.90 Å². The Bertz CT molecular complexity index is 645. The monoisotopic (exact) mass is 279 g/mol. The first-order chi connectivity index (χ1) is 10.2. The molecule has 0 heterocycles. The third kappa shape index (κ3) is 2.71. The second-order valence-electron chi connectivity index (χ2n) is 5.89. The van der Waals surface area contributed by atoms with Gasteiger partial charge >= 0.3 is 0 Å². The first-order valence-corrected chi connectivity index (χ1v) is 7.58. The van der Waals surface area contributed by atoms with Gasteiger partial charge in [-0.2, -0.15) is 0 Å². The highest BCUT2D eigenvalue weighted by atomic mass is 16.2. The van der Waals surface area contributed by atoms with Gasteiger partial charge in [0.05, 0.1) is 6.04 Å². The van der Waals surface area contributed by atoms with Gasteiger partial charge in [-0.25, -0.2) is 0 Å². The van der Waals surface area contributed by atoms with Crippen LogP contribution in [0.5, 0.6) is 0 Å². The maximum atomic E-state index is 12.7. The van der Waals surface area contributed by atoms with Gasteiger partial charge < -0.3 is 4.90 Å². The first-order valence-electron chi connectivity index (χ1n) is 7.58. The molecule has 1 aliphatic carbocycles. The standard InChI is InChI=1S/C19H21NO/c1-14-10-12-16(13-11-14)19(21)20(2)18-9-5-7-15-6-3-4-8-17(15)18/h3-4,6,8,10-13,18H,5,7,9H2,1-2H3/t18-/m1/s1. The summed E-state index contributed by atoms with van der Waals surface area (Å²) in [5, 5.41) is 0. The average molecular weight is 279 g/mol. The van der Waals surface area contributed by atoms with E-state index < -0.39 is 0 Å². The third-order valence-electron chi connectivity index (χ3n) is 4.42. The first kappa shape index (κ1) is 13.9. The number of carbonyl (C=O) groups is 1. The van der Waals surface area contributed by atoms with Crippen LogP contribution in [0, 0.1) is 6.92 Å². The molecule has 0 saturated heterocycles. The lowest BCUT2D eigenvalue weighted by molar-refractivity contribution is 0.0715. The van der Waals surface area contributed by atoms with Gasteiger partial charge in [-0.15, -0.1) is 0 Å². The van der Waals surface area contributed by atoms with E-state index in [9.17, 15) is 4.79 Å². The fraction of sp³-hybridized carbons (Fsp3) is 0.316. The normalized spacial score (nSPS) is 17.1. The van der Waals surface area contributed by atoms with Crippen LogP contribution in [-0.4, -0.2) is 17.9 Å². The van der Waals surface area contributed by atoms with Gasteiger partial charge in [0, 0.05) is 12.6 Å². The van der Waals surface area contributed by atoms with Crippen LogP contribution >= 0.6 is 0 Å². The van der Waals surface area contributed by atoms with Crippen LogP contribution in [0.15, 0.2) is 48.5 Å². The van der Waals surface area contributed by atoms with Crippen LogP contribution in [0.1, 0.15) is 45.9 Å². The molecule has 0 N–H and O–H groups in total. The molecule has 3 rings (SSSR count). The minimum Gasteiger partial charge on any atom is -0.335 e. The van der Waals surface area contributed by atoms with Crippen LogP contribution in [0.25, 0.3) is 0 Å². The van der Waals surface area contributed by atoms with E-state index in [0.29, 0.717) is 0 Å². The molecule has 21 heavy (non-hydrogen) atoms. The van der Waals surface area contributed by atoms with Gasteiger partial charge in [-0.3, -0.25) is 4.79 Å². The summed E-state index contributed by atoms with van der Waals surface area (Å²) in [5.74, 6) is 0.108. The van der Waals surface area contributed by atoms with Crippen molar-refractivity contribution in [2.24, 2.45) is 0 Å². The average Bonchev–Trinajstić information content (AvgIpc) is 2.53. The minimum atomic E-state index is 0.108. The molecule has 0 fully saturated rings. The molecule has 2 aromatic rings. The molecule has 0 saturated carbocycles. The zero-order chi connectivity index (χ0) is 14.8. The Morgan fingerprint density at radius 2 is 1.81 bits per heavy atom. The van der Waals surface area contributed by atoms with E-state index in [1.165, 1.54) is 16.7 Å². The van der Waals surface area contributed by atoms with Gasteiger partial charge in [-0.05, 0) is 49.4 Å². The topological polar surface area (TPSA) is 20.3 Å². The van der Waals surface area contributed by atoms with Gasteiger partial charge in [0.15, 0.2) is 0 Å². The number of rotatable bonds is 2. The van der Waals surface area contributed by atoms with Crippen LogP contribution in [0.4, 0.5) is 0 Å². The Labute approximate surface area is 126 Å². The number of benzene rings is 2. The number of hydrogen-bond acceptors (Lipinski definition) is 1. The smallest absolute Gasteiger partial charge is 0.254 e. The van der Waals surface area contributed by atoms with Gasteiger partial charge in [0.2, 0.25) is 0 Å². The minimum absolute atomic E-state index is 0.108. The summed E-state index contributed by atoms with van der Waals surface area (Å²) in [4.78, 5) is 14.6. The number of carbonyl (C=O) groups excluding carboxylic acids is 1. The molecule has 0 radical (unpaired) electrons. The summed E-state index contributed by atoms with van der Waals surface area (Å²) in [6.07, 6.45) is 3.32. The molecule has 0 aliphatic heterocycles. The lowest BCUT2D eigenvalue weighted by Crippen LogP contribution is -2.33. The Morgan fingerprint density at radius 1 is 1.10 bits per heavy atom. The van der Waals surface area contributed by atoms with Crippen molar-refractivity contribution in [1.29, 1.82) is 0 Å². The number of amides is 1. The number of hydrogen-bond donors (Lipinski definition) is 0. The lowest BCUT2D eigenvalue weighted by Gasteiger charge is -2.33. The Morgan fingerprint density at radius 3 is 2.57 bits per heavy atom. The molecular formula is C19H21NO. The zero-order valence-corrected chi connectivity index (χ0v) is 12.7. The highest BCUT2D eigenvalue weighted by Gasteiger charge is 2.26. The molecule has 0 spiro atoms. The summed E-state index contributed by atoms with van der Waals surface area (Å²) in [6, 6.07) is 16.5. The molecule has 2 heteroatoms.